The quantitative estimate of drug-likeness (QED) is 0.521. The SMILES string of the molecule is COc1cccc(OC)c1OCC(O)CNC(=O)Cc1csc(-c2ccco2)n1. The molecular weight excluding hydrogens is 396 g/mol. The van der Waals surface area contributed by atoms with E-state index in [9.17, 15) is 9.90 Å². The summed E-state index contributed by atoms with van der Waals surface area (Å²) in [6.07, 6.45) is 0.792. The van der Waals surface area contributed by atoms with Crippen LogP contribution in [-0.4, -0.2) is 49.5 Å². The second-order valence-electron chi connectivity index (χ2n) is 6.06. The third-order valence-electron chi connectivity index (χ3n) is 3.96. The fourth-order valence-electron chi connectivity index (χ4n) is 2.56. The van der Waals surface area contributed by atoms with Crippen molar-refractivity contribution in [1.82, 2.24) is 10.3 Å². The topological polar surface area (TPSA) is 103 Å². The minimum absolute atomic E-state index is 0.0314. The second-order valence-corrected chi connectivity index (χ2v) is 6.92. The lowest BCUT2D eigenvalue weighted by molar-refractivity contribution is -0.121. The predicted octanol–water partition coefficient (Wildman–Crippen LogP) is 2.52. The van der Waals surface area contributed by atoms with Crippen LogP contribution in [0.4, 0.5) is 0 Å². The first-order chi connectivity index (χ1) is 14.1. The summed E-state index contributed by atoms with van der Waals surface area (Å²) in [5.41, 5.74) is 0.642. The van der Waals surface area contributed by atoms with Crippen molar-refractivity contribution in [3.63, 3.8) is 0 Å². The van der Waals surface area contributed by atoms with Gasteiger partial charge in [0.25, 0.3) is 0 Å². The summed E-state index contributed by atoms with van der Waals surface area (Å²) in [7, 11) is 3.04. The summed E-state index contributed by atoms with van der Waals surface area (Å²) in [4.78, 5) is 16.5. The molecule has 9 heteroatoms. The van der Waals surface area contributed by atoms with Gasteiger partial charge in [0, 0.05) is 11.9 Å². The van der Waals surface area contributed by atoms with E-state index in [2.05, 4.69) is 10.3 Å². The highest BCUT2D eigenvalue weighted by atomic mass is 32.1. The highest BCUT2D eigenvalue weighted by molar-refractivity contribution is 7.13. The van der Waals surface area contributed by atoms with E-state index in [0.717, 1.165) is 5.01 Å². The molecule has 2 N–H and O–H groups in total. The number of ether oxygens (including phenoxy) is 3. The molecule has 0 aliphatic heterocycles. The Balaban J connectivity index is 1.46. The van der Waals surface area contributed by atoms with Gasteiger partial charge in [-0.25, -0.2) is 4.98 Å². The van der Waals surface area contributed by atoms with Crippen LogP contribution < -0.4 is 19.5 Å². The Morgan fingerprint density at radius 3 is 2.66 bits per heavy atom. The molecule has 1 unspecified atom stereocenters. The van der Waals surface area contributed by atoms with Crippen molar-refractivity contribution in [3.05, 3.63) is 47.7 Å². The van der Waals surface area contributed by atoms with E-state index in [4.69, 9.17) is 18.6 Å². The van der Waals surface area contributed by atoms with Crippen LogP contribution in [0.5, 0.6) is 17.2 Å². The smallest absolute Gasteiger partial charge is 0.226 e. The number of carbonyl (C=O) groups excluding carboxylic acids is 1. The van der Waals surface area contributed by atoms with Crippen LogP contribution in [0.3, 0.4) is 0 Å². The van der Waals surface area contributed by atoms with Crippen molar-refractivity contribution >= 4 is 17.2 Å². The van der Waals surface area contributed by atoms with Crippen molar-refractivity contribution in [3.8, 4) is 28.0 Å². The van der Waals surface area contributed by atoms with Crippen LogP contribution in [0.2, 0.25) is 0 Å². The van der Waals surface area contributed by atoms with Crippen molar-refractivity contribution < 1.29 is 28.5 Å². The molecular formula is C20H22N2O6S. The molecule has 1 atom stereocenters. The van der Waals surface area contributed by atoms with Crippen molar-refractivity contribution in [1.29, 1.82) is 0 Å². The summed E-state index contributed by atoms with van der Waals surface area (Å²) in [6.45, 7) is 0.0157. The molecule has 3 aromatic rings. The standard InChI is InChI=1S/C20H22N2O6S/c1-25-15-5-3-6-16(26-2)19(15)28-11-14(23)10-21-18(24)9-13-12-29-20(22-13)17-7-4-8-27-17/h3-8,12,14,23H,9-11H2,1-2H3,(H,21,24). The number of furan rings is 1. The van der Waals surface area contributed by atoms with Gasteiger partial charge in [0.2, 0.25) is 11.7 Å². The van der Waals surface area contributed by atoms with E-state index in [-0.39, 0.29) is 25.5 Å². The monoisotopic (exact) mass is 418 g/mol. The molecule has 29 heavy (non-hydrogen) atoms. The number of hydrogen-bond acceptors (Lipinski definition) is 8. The van der Waals surface area contributed by atoms with E-state index in [1.165, 1.54) is 25.6 Å². The molecule has 0 saturated carbocycles. The van der Waals surface area contributed by atoms with Crippen molar-refractivity contribution in [2.45, 2.75) is 12.5 Å². The van der Waals surface area contributed by atoms with Gasteiger partial charge >= 0.3 is 0 Å². The van der Waals surface area contributed by atoms with Gasteiger partial charge in [-0.05, 0) is 24.3 Å². The fraction of sp³-hybridized carbons (Fsp3) is 0.300. The average Bonchev–Trinajstić information content (AvgIpc) is 3.42. The van der Waals surface area contributed by atoms with Gasteiger partial charge < -0.3 is 29.1 Å². The maximum Gasteiger partial charge on any atom is 0.226 e. The average molecular weight is 418 g/mol. The van der Waals surface area contributed by atoms with Gasteiger partial charge in [-0.1, -0.05) is 6.07 Å². The minimum Gasteiger partial charge on any atom is -0.493 e. The maximum atomic E-state index is 12.1. The highest BCUT2D eigenvalue weighted by Gasteiger charge is 2.15. The van der Waals surface area contributed by atoms with Gasteiger partial charge in [-0.3, -0.25) is 4.79 Å². The third kappa shape index (κ3) is 5.49. The van der Waals surface area contributed by atoms with Gasteiger partial charge in [-0.2, -0.15) is 0 Å². The molecule has 8 nitrogen and oxygen atoms in total. The molecule has 2 aromatic heterocycles. The zero-order valence-corrected chi connectivity index (χ0v) is 16.9. The summed E-state index contributed by atoms with van der Waals surface area (Å²) in [6, 6.07) is 8.84. The first kappa shape index (κ1) is 20.7. The normalized spacial score (nSPS) is 11.7. The molecule has 0 spiro atoms. The van der Waals surface area contributed by atoms with Crippen LogP contribution in [0.25, 0.3) is 10.8 Å². The Morgan fingerprint density at radius 2 is 2.00 bits per heavy atom. The number of rotatable bonds is 10. The van der Waals surface area contributed by atoms with Crippen molar-refractivity contribution in [2.75, 3.05) is 27.4 Å². The third-order valence-corrected chi connectivity index (χ3v) is 4.87. The molecule has 0 aliphatic rings. The number of carbonyl (C=O) groups is 1. The van der Waals surface area contributed by atoms with E-state index in [0.29, 0.717) is 28.7 Å². The zero-order chi connectivity index (χ0) is 20.6. The first-order valence-corrected chi connectivity index (χ1v) is 9.75. The number of amides is 1. The molecule has 2 heterocycles. The number of nitrogens with one attached hydrogen (secondary N) is 1. The van der Waals surface area contributed by atoms with Crippen LogP contribution >= 0.6 is 11.3 Å². The number of para-hydroxylation sites is 1. The molecule has 0 fully saturated rings. The predicted molar refractivity (Wildman–Crippen MR) is 108 cm³/mol. The van der Waals surface area contributed by atoms with Gasteiger partial charge in [0.1, 0.15) is 12.7 Å². The molecule has 154 valence electrons. The molecule has 0 bridgehead atoms. The number of nitrogens with zero attached hydrogens (tertiary/aromatic N) is 1. The Hall–Kier alpha value is -3.04. The summed E-state index contributed by atoms with van der Waals surface area (Å²) in [5.74, 6) is 1.82. The fourth-order valence-corrected chi connectivity index (χ4v) is 3.34. The molecule has 3 rings (SSSR count). The largest absolute Gasteiger partial charge is 0.493 e. The molecule has 0 saturated heterocycles. The lowest BCUT2D eigenvalue weighted by atomic mass is 10.3. The summed E-state index contributed by atoms with van der Waals surface area (Å²) < 4.78 is 21.4. The van der Waals surface area contributed by atoms with Crippen molar-refractivity contribution in [2.24, 2.45) is 0 Å². The van der Waals surface area contributed by atoms with E-state index in [1.54, 1.807) is 30.5 Å². The summed E-state index contributed by atoms with van der Waals surface area (Å²) >= 11 is 1.41. The van der Waals surface area contributed by atoms with Crippen LogP contribution in [0, 0.1) is 0 Å². The number of benzene rings is 1. The van der Waals surface area contributed by atoms with Crippen LogP contribution in [-0.2, 0) is 11.2 Å². The van der Waals surface area contributed by atoms with Crippen LogP contribution in [0.1, 0.15) is 5.69 Å². The lowest BCUT2D eigenvalue weighted by Gasteiger charge is -2.17. The van der Waals surface area contributed by atoms with Gasteiger partial charge in [0.05, 0.1) is 32.6 Å². The Morgan fingerprint density at radius 1 is 1.24 bits per heavy atom. The number of hydrogen-bond donors (Lipinski definition) is 2. The maximum absolute atomic E-state index is 12.1. The minimum atomic E-state index is -0.900. The summed E-state index contributed by atoms with van der Waals surface area (Å²) in [5, 5.41) is 15.3. The molecule has 1 amide bonds. The lowest BCUT2D eigenvalue weighted by Crippen LogP contribution is -2.36. The Labute approximate surface area is 172 Å². The molecule has 0 aliphatic carbocycles. The van der Waals surface area contributed by atoms with E-state index in [1.807, 2.05) is 11.4 Å². The highest BCUT2D eigenvalue weighted by Crippen LogP contribution is 2.36. The number of thiazole rings is 1. The number of methoxy groups -OCH3 is 2. The number of aromatic nitrogens is 1. The number of aliphatic hydroxyl groups excluding tert-OH is 1. The van der Waals surface area contributed by atoms with Crippen LogP contribution in [0.15, 0.2) is 46.4 Å². The van der Waals surface area contributed by atoms with E-state index < -0.39 is 6.10 Å². The zero-order valence-electron chi connectivity index (χ0n) is 16.1. The Bertz CT molecular complexity index is 903. The first-order valence-electron chi connectivity index (χ1n) is 8.87. The number of aliphatic hydroxyl groups is 1. The molecule has 0 radical (unpaired) electrons. The second kappa shape index (κ2) is 9.94. The van der Waals surface area contributed by atoms with E-state index >= 15 is 0 Å². The molecule has 1 aromatic carbocycles. The van der Waals surface area contributed by atoms with Gasteiger partial charge in [-0.15, -0.1) is 11.3 Å². The van der Waals surface area contributed by atoms with Gasteiger partial charge in [0.15, 0.2) is 22.3 Å². The Kier molecular flexibility index (Phi) is 7.09.